The maximum absolute atomic E-state index is 12.7. The number of carbonyl (C=O) groups is 2. The van der Waals surface area contributed by atoms with E-state index in [1.165, 1.54) is 17.4 Å². The van der Waals surface area contributed by atoms with Crippen LogP contribution in [0.1, 0.15) is 27.2 Å². The van der Waals surface area contributed by atoms with E-state index >= 15 is 0 Å². The normalized spacial score (nSPS) is 15.2. The van der Waals surface area contributed by atoms with Gasteiger partial charge in [-0.2, -0.15) is 4.98 Å². The first-order valence-electron chi connectivity index (χ1n) is 10.5. The van der Waals surface area contributed by atoms with Crippen molar-refractivity contribution in [3.8, 4) is 0 Å². The van der Waals surface area contributed by atoms with E-state index in [1.807, 2.05) is 32.0 Å². The Morgan fingerprint density at radius 1 is 1.21 bits per heavy atom. The van der Waals surface area contributed by atoms with Crippen molar-refractivity contribution in [2.24, 2.45) is 0 Å². The largest absolute Gasteiger partial charge is 0.350 e. The van der Waals surface area contributed by atoms with Gasteiger partial charge in [0.15, 0.2) is 5.13 Å². The van der Waals surface area contributed by atoms with Gasteiger partial charge in [-0.3, -0.25) is 9.59 Å². The smallest absolute Gasteiger partial charge is 0.267 e. The molecule has 9 nitrogen and oxygen atoms in total. The molecule has 1 aliphatic rings. The molecular formula is C23H25N7O2S. The lowest BCUT2D eigenvalue weighted by molar-refractivity contribution is -0.125. The molecule has 1 aliphatic heterocycles. The average molecular weight is 464 g/mol. The Morgan fingerprint density at radius 2 is 2.00 bits per heavy atom. The van der Waals surface area contributed by atoms with Crippen molar-refractivity contribution >= 4 is 45.7 Å². The van der Waals surface area contributed by atoms with E-state index in [0.29, 0.717) is 34.9 Å². The number of amides is 2. The molecule has 33 heavy (non-hydrogen) atoms. The quantitative estimate of drug-likeness (QED) is 0.458. The molecular weight excluding hydrogens is 438 g/mol. The fourth-order valence-electron chi connectivity index (χ4n) is 3.62. The van der Waals surface area contributed by atoms with Gasteiger partial charge < -0.3 is 20.9 Å². The van der Waals surface area contributed by atoms with E-state index in [0.717, 1.165) is 23.2 Å². The topological polar surface area (TPSA) is 112 Å². The highest BCUT2D eigenvalue weighted by Gasteiger charge is 2.25. The van der Waals surface area contributed by atoms with Crippen LogP contribution in [0.25, 0.3) is 0 Å². The summed E-state index contributed by atoms with van der Waals surface area (Å²) in [5.74, 6) is 0.739. The summed E-state index contributed by atoms with van der Waals surface area (Å²) in [6.45, 7) is 8.71. The van der Waals surface area contributed by atoms with Crippen LogP contribution in [0.2, 0.25) is 0 Å². The Morgan fingerprint density at radius 3 is 2.76 bits per heavy atom. The van der Waals surface area contributed by atoms with Gasteiger partial charge in [0.1, 0.15) is 10.7 Å². The van der Waals surface area contributed by atoms with Crippen LogP contribution >= 0.6 is 11.3 Å². The van der Waals surface area contributed by atoms with Gasteiger partial charge >= 0.3 is 0 Å². The first-order chi connectivity index (χ1) is 15.9. The second-order valence-corrected chi connectivity index (χ2v) is 8.79. The molecule has 0 bridgehead atoms. The van der Waals surface area contributed by atoms with Crippen LogP contribution in [-0.4, -0.2) is 50.8 Å². The number of nitrogens with zero attached hydrogens (tertiary/aromatic N) is 4. The summed E-state index contributed by atoms with van der Waals surface area (Å²) < 4.78 is 0. The summed E-state index contributed by atoms with van der Waals surface area (Å²) in [5, 5.41) is 9.91. The van der Waals surface area contributed by atoms with Crippen molar-refractivity contribution in [1.82, 2.24) is 19.9 Å². The van der Waals surface area contributed by atoms with E-state index in [4.69, 9.17) is 0 Å². The predicted octanol–water partition coefficient (Wildman–Crippen LogP) is 3.74. The molecule has 3 aromatic rings. The summed E-state index contributed by atoms with van der Waals surface area (Å²) in [4.78, 5) is 39.7. The lowest BCUT2D eigenvalue weighted by atomic mass is 10.1. The summed E-state index contributed by atoms with van der Waals surface area (Å²) in [5.41, 5.74) is 2.83. The summed E-state index contributed by atoms with van der Waals surface area (Å²) in [7, 11) is 0. The zero-order valence-electron chi connectivity index (χ0n) is 18.5. The van der Waals surface area contributed by atoms with Gasteiger partial charge in [-0.25, -0.2) is 9.97 Å². The van der Waals surface area contributed by atoms with Gasteiger partial charge in [-0.15, -0.1) is 0 Å². The minimum Gasteiger partial charge on any atom is -0.350 e. The molecule has 1 saturated heterocycles. The zero-order chi connectivity index (χ0) is 23.4. The molecule has 0 unspecified atom stereocenters. The van der Waals surface area contributed by atoms with Crippen molar-refractivity contribution in [3.63, 3.8) is 0 Å². The Labute approximate surface area is 196 Å². The number of aryl methyl sites for hydroxylation is 2. The second kappa shape index (κ2) is 9.78. The highest BCUT2D eigenvalue weighted by Crippen LogP contribution is 2.25. The molecule has 3 N–H and O–H groups in total. The number of thiazole rings is 1. The Balaban J connectivity index is 1.38. The number of likely N-dealkylation sites (tertiary alicyclic amines) is 1. The number of nitrogens with one attached hydrogen (secondary N) is 3. The highest BCUT2D eigenvalue weighted by molar-refractivity contribution is 7.17. The van der Waals surface area contributed by atoms with E-state index < -0.39 is 0 Å². The number of anilines is 4. The first kappa shape index (κ1) is 22.4. The third kappa shape index (κ3) is 5.35. The first-order valence-corrected chi connectivity index (χ1v) is 11.4. The molecule has 1 atom stereocenters. The van der Waals surface area contributed by atoms with Crippen LogP contribution in [0.4, 0.5) is 22.6 Å². The van der Waals surface area contributed by atoms with Crippen molar-refractivity contribution in [2.75, 3.05) is 29.0 Å². The third-order valence-corrected chi connectivity index (χ3v) is 6.26. The molecule has 2 aromatic heterocycles. The number of para-hydroxylation sites is 1. The maximum Gasteiger partial charge on any atom is 0.267 e. The van der Waals surface area contributed by atoms with E-state index in [9.17, 15) is 9.59 Å². The number of aromatic nitrogens is 3. The van der Waals surface area contributed by atoms with Gasteiger partial charge in [-0.1, -0.05) is 36.1 Å². The van der Waals surface area contributed by atoms with Crippen molar-refractivity contribution in [3.05, 3.63) is 65.3 Å². The maximum atomic E-state index is 12.7. The SMILES string of the molecule is C=CC(=O)N1CC[C@H](Nc2nccc(Nc3ncc(C(=O)Nc4c(C)cccc4C)s3)n2)C1. The monoisotopic (exact) mass is 463 g/mol. The minimum atomic E-state index is -0.206. The van der Waals surface area contributed by atoms with Crippen LogP contribution in [-0.2, 0) is 4.79 Å². The van der Waals surface area contributed by atoms with E-state index in [1.54, 1.807) is 23.4 Å². The van der Waals surface area contributed by atoms with Crippen LogP contribution in [0.15, 0.2) is 49.3 Å². The van der Waals surface area contributed by atoms with Gasteiger partial charge in [-0.05, 0) is 43.5 Å². The van der Waals surface area contributed by atoms with Gasteiger partial charge in [0.25, 0.3) is 5.91 Å². The van der Waals surface area contributed by atoms with Gasteiger partial charge in [0.05, 0.1) is 6.20 Å². The molecule has 10 heteroatoms. The van der Waals surface area contributed by atoms with E-state index in [-0.39, 0.29) is 17.9 Å². The van der Waals surface area contributed by atoms with E-state index in [2.05, 4.69) is 37.5 Å². The molecule has 4 rings (SSSR count). The number of hydrogen-bond donors (Lipinski definition) is 3. The molecule has 0 aliphatic carbocycles. The number of hydrogen-bond acceptors (Lipinski definition) is 8. The molecule has 2 amide bonds. The minimum absolute atomic E-state index is 0.0724. The zero-order valence-corrected chi connectivity index (χ0v) is 19.3. The molecule has 0 saturated carbocycles. The van der Waals surface area contributed by atoms with Crippen molar-refractivity contribution in [1.29, 1.82) is 0 Å². The van der Waals surface area contributed by atoms with Crippen LogP contribution in [0, 0.1) is 13.8 Å². The number of carbonyl (C=O) groups excluding carboxylic acids is 2. The Bertz CT molecular complexity index is 1170. The lowest BCUT2D eigenvalue weighted by Crippen LogP contribution is -2.30. The summed E-state index contributed by atoms with van der Waals surface area (Å²) in [6.07, 6.45) is 5.32. The molecule has 1 fully saturated rings. The molecule has 1 aromatic carbocycles. The fraction of sp³-hybridized carbons (Fsp3) is 0.261. The molecule has 3 heterocycles. The average Bonchev–Trinajstić information content (AvgIpc) is 3.46. The second-order valence-electron chi connectivity index (χ2n) is 7.76. The Hall–Kier alpha value is -3.79. The van der Waals surface area contributed by atoms with Gasteiger partial charge in [0.2, 0.25) is 11.9 Å². The van der Waals surface area contributed by atoms with Crippen LogP contribution < -0.4 is 16.0 Å². The molecule has 0 radical (unpaired) electrons. The lowest BCUT2D eigenvalue weighted by Gasteiger charge is -2.15. The predicted molar refractivity (Wildman–Crippen MR) is 130 cm³/mol. The van der Waals surface area contributed by atoms with Crippen LogP contribution in [0.5, 0.6) is 0 Å². The van der Waals surface area contributed by atoms with Crippen molar-refractivity contribution in [2.45, 2.75) is 26.3 Å². The van der Waals surface area contributed by atoms with Crippen molar-refractivity contribution < 1.29 is 9.59 Å². The standard InChI is InChI=1S/C23H25N7O2S/c1-4-19(31)30-11-9-16(13-30)26-22-24-10-8-18(27-22)28-23-25-12-17(33-23)21(32)29-20-14(2)6-5-7-15(20)3/h4-8,10,12,16H,1,9,11,13H2,2-3H3,(H,29,32)(H2,24,25,26,27,28)/t16-/m0/s1. The highest BCUT2D eigenvalue weighted by atomic mass is 32.1. The van der Waals surface area contributed by atoms with Gasteiger partial charge in [0, 0.05) is 31.0 Å². The van der Waals surface area contributed by atoms with Crippen LogP contribution in [0.3, 0.4) is 0 Å². The Kier molecular flexibility index (Phi) is 6.64. The number of benzene rings is 1. The number of rotatable bonds is 7. The molecule has 170 valence electrons. The summed E-state index contributed by atoms with van der Waals surface area (Å²) >= 11 is 1.24. The third-order valence-electron chi connectivity index (χ3n) is 5.35. The summed E-state index contributed by atoms with van der Waals surface area (Å²) in [6, 6.07) is 7.69. The fourth-order valence-corrected chi connectivity index (χ4v) is 4.34. The molecule has 0 spiro atoms.